The molecular formula is C8H15NO4Si. The molecule has 1 aliphatic heterocycles. The largest absolute Gasteiger partial charge is 0.402 e. The average Bonchev–Trinajstić information content (AvgIpc) is 2.19. The third-order valence-electron chi connectivity index (χ3n) is 1.93. The molecule has 0 spiro atoms. The zero-order chi connectivity index (χ0) is 10.6. The van der Waals surface area contributed by atoms with Gasteiger partial charge in [-0.2, -0.15) is 0 Å². The van der Waals surface area contributed by atoms with Crippen LogP contribution in [0.25, 0.3) is 0 Å². The van der Waals surface area contributed by atoms with E-state index in [1.807, 2.05) is 0 Å². The third kappa shape index (κ3) is 3.22. The van der Waals surface area contributed by atoms with Gasteiger partial charge < -0.3 is 9.26 Å². The van der Waals surface area contributed by atoms with Gasteiger partial charge in [0, 0.05) is 12.2 Å². The molecule has 1 aliphatic rings. The van der Waals surface area contributed by atoms with Gasteiger partial charge in [0.2, 0.25) is 0 Å². The van der Waals surface area contributed by atoms with Gasteiger partial charge in [-0.05, 0) is 24.3 Å². The van der Waals surface area contributed by atoms with Crippen LogP contribution in [0.3, 0.4) is 0 Å². The first-order chi connectivity index (χ1) is 6.61. The molecule has 1 saturated heterocycles. The lowest BCUT2D eigenvalue weighted by Crippen LogP contribution is -2.42. The molecule has 1 fully saturated rings. The zero-order valence-electron chi connectivity index (χ0n) is 8.23. The molecule has 1 N–H and O–H groups in total. The summed E-state index contributed by atoms with van der Waals surface area (Å²) in [5.41, 5.74) is 0.258. The van der Waals surface area contributed by atoms with Crippen LogP contribution >= 0.6 is 0 Å². The number of hydrogen-bond donors (Lipinski definition) is 1. The van der Waals surface area contributed by atoms with E-state index in [2.05, 4.69) is 11.4 Å². The second kappa shape index (κ2) is 5.25. The summed E-state index contributed by atoms with van der Waals surface area (Å²) < 4.78 is 5.33. The van der Waals surface area contributed by atoms with E-state index >= 15 is 0 Å². The maximum Gasteiger partial charge on any atom is 0.353 e. The lowest BCUT2D eigenvalue weighted by Gasteiger charge is -2.25. The van der Waals surface area contributed by atoms with Crippen LogP contribution < -0.4 is 0 Å². The predicted octanol–water partition coefficient (Wildman–Crippen LogP) is 0.743. The van der Waals surface area contributed by atoms with Crippen LogP contribution in [0.1, 0.15) is 19.8 Å². The van der Waals surface area contributed by atoms with Crippen molar-refractivity contribution in [3.63, 3.8) is 0 Å². The first-order valence-corrected chi connectivity index (χ1v) is 6.39. The Kier molecular flexibility index (Phi) is 4.27. The molecule has 0 aromatic rings. The number of rotatable bonds is 3. The second-order valence-electron chi connectivity index (χ2n) is 3.28. The summed E-state index contributed by atoms with van der Waals surface area (Å²) in [6.07, 6.45) is 2.02. The number of nitrogens with zero attached hydrogens (tertiary/aromatic N) is 1. The first kappa shape index (κ1) is 11.4. The van der Waals surface area contributed by atoms with Crippen LogP contribution in [-0.2, 0) is 14.1 Å². The van der Waals surface area contributed by atoms with E-state index in [9.17, 15) is 10.0 Å². The number of hydrogen-bond acceptors (Lipinski definition) is 5. The fourth-order valence-corrected chi connectivity index (χ4v) is 2.92. The molecule has 1 unspecified atom stereocenters. The molecule has 1 rings (SSSR count). The van der Waals surface area contributed by atoms with E-state index < -0.39 is 15.2 Å². The highest BCUT2D eigenvalue weighted by atomic mass is 28.3. The monoisotopic (exact) mass is 217 g/mol. The van der Waals surface area contributed by atoms with E-state index in [1.165, 1.54) is 6.92 Å². The second-order valence-corrected chi connectivity index (χ2v) is 5.54. The quantitative estimate of drug-likeness (QED) is 0.429. The molecule has 0 radical (unpaired) electrons. The van der Waals surface area contributed by atoms with E-state index in [0.717, 1.165) is 18.9 Å². The molecule has 14 heavy (non-hydrogen) atoms. The van der Waals surface area contributed by atoms with Gasteiger partial charge in [-0.25, -0.2) is 4.79 Å². The van der Waals surface area contributed by atoms with Crippen molar-refractivity contribution in [2.45, 2.75) is 25.8 Å². The molecule has 0 aromatic heterocycles. The van der Waals surface area contributed by atoms with Gasteiger partial charge in [-0.15, -0.1) is 0 Å². The van der Waals surface area contributed by atoms with Crippen molar-refractivity contribution in [1.82, 2.24) is 4.89 Å². The summed E-state index contributed by atoms with van der Waals surface area (Å²) >= 11 is 0. The highest BCUT2D eigenvalue weighted by molar-refractivity contribution is 6.47. The van der Waals surface area contributed by atoms with E-state index in [4.69, 9.17) is 4.43 Å². The van der Waals surface area contributed by atoms with Crippen molar-refractivity contribution in [3.8, 4) is 0 Å². The van der Waals surface area contributed by atoms with E-state index in [0.29, 0.717) is 11.5 Å². The lowest BCUT2D eigenvalue weighted by molar-refractivity contribution is -0.267. The minimum atomic E-state index is -1.91. The highest BCUT2D eigenvalue weighted by Gasteiger charge is 2.27. The van der Waals surface area contributed by atoms with E-state index in [-0.39, 0.29) is 5.57 Å². The average molecular weight is 217 g/mol. The Morgan fingerprint density at radius 3 is 2.86 bits per heavy atom. The highest BCUT2D eigenvalue weighted by Crippen LogP contribution is 2.13. The van der Waals surface area contributed by atoms with Crippen LogP contribution in [0.2, 0.25) is 6.04 Å². The van der Waals surface area contributed by atoms with Crippen LogP contribution in [0.4, 0.5) is 0 Å². The summed E-state index contributed by atoms with van der Waals surface area (Å²) in [6.45, 7) is 5.58. The minimum absolute atomic E-state index is 0.258. The van der Waals surface area contributed by atoms with Gasteiger partial charge in [0.15, 0.2) is 0 Å². The lowest BCUT2D eigenvalue weighted by atomic mass is 10.4. The summed E-state index contributed by atoms with van der Waals surface area (Å²) in [7, 11) is -1.91. The maximum absolute atomic E-state index is 11.0. The SMILES string of the molecule is C=C(C)C(=O)ON(O)[SiH]1CCCCO1. The van der Waals surface area contributed by atoms with Gasteiger partial charge in [0.1, 0.15) is 0 Å². The Balaban J connectivity index is 2.36. The van der Waals surface area contributed by atoms with Crippen molar-refractivity contribution in [1.29, 1.82) is 0 Å². The maximum atomic E-state index is 11.0. The van der Waals surface area contributed by atoms with Crippen LogP contribution in [-0.4, -0.2) is 31.9 Å². The standard InChI is InChI=1S/C8H15NO4Si/c1-7(2)8(10)13-9(11)14-6-4-3-5-12-14/h11,14H,1,3-6H2,2H3. The Hall–Kier alpha value is -0.693. The van der Waals surface area contributed by atoms with Gasteiger partial charge in [0.05, 0.1) is 0 Å². The zero-order valence-corrected chi connectivity index (χ0v) is 9.39. The van der Waals surface area contributed by atoms with Crippen molar-refractivity contribution in [3.05, 3.63) is 12.2 Å². The summed E-state index contributed by atoms with van der Waals surface area (Å²) in [5, 5.41) is 9.38. The number of carbonyl (C=O) groups is 1. The molecule has 1 atom stereocenters. The van der Waals surface area contributed by atoms with Crippen LogP contribution in [0.5, 0.6) is 0 Å². The molecule has 6 heteroatoms. The Morgan fingerprint density at radius 2 is 2.36 bits per heavy atom. The molecule has 0 aromatic carbocycles. The molecule has 0 aliphatic carbocycles. The van der Waals surface area contributed by atoms with Gasteiger partial charge in [0.25, 0.3) is 0 Å². The minimum Gasteiger partial charge on any atom is -0.402 e. The molecule has 5 nitrogen and oxygen atoms in total. The van der Waals surface area contributed by atoms with Crippen molar-refractivity contribution >= 4 is 15.2 Å². The summed E-state index contributed by atoms with van der Waals surface area (Å²) in [6, 6.07) is 0.792. The fourth-order valence-electron chi connectivity index (χ4n) is 1.12. The van der Waals surface area contributed by atoms with Crippen LogP contribution in [0, 0.1) is 0 Å². The molecular weight excluding hydrogens is 202 g/mol. The van der Waals surface area contributed by atoms with Gasteiger partial charge in [-0.1, -0.05) is 13.0 Å². The Labute approximate surface area is 84.6 Å². The van der Waals surface area contributed by atoms with Crippen molar-refractivity contribution < 1.29 is 19.3 Å². The smallest absolute Gasteiger partial charge is 0.353 e. The predicted molar refractivity (Wildman–Crippen MR) is 51.7 cm³/mol. The normalized spacial score (nSPS) is 22.1. The molecule has 0 saturated carbocycles. The molecule has 0 bridgehead atoms. The number of carbonyl (C=O) groups excluding carboxylic acids is 1. The van der Waals surface area contributed by atoms with Crippen LogP contribution in [0.15, 0.2) is 12.2 Å². The first-order valence-electron chi connectivity index (χ1n) is 4.59. The van der Waals surface area contributed by atoms with Gasteiger partial charge >= 0.3 is 15.2 Å². The van der Waals surface area contributed by atoms with Crippen molar-refractivity contribution in [2.24, 2.45) is 0 Å². The summed E-state index contributed by atoms with van der Waals surface area (Å²) in [4.78, 5) is 16.3. The van der Waals surface area contributed by atoms with Gasteiger partial charge in [-0.3, -0.25) is 5.21 Å². The van der Waals surface area contributed by atoms with E-state index in [1.54, 1.807) is 0 Å². The summed E-state index contributed by atoms with van der Waals surface area (Å²) in [5.74, 6) is -0.617. The molecule has 80 valence electrons. The molecule has 1 heterocycles. The third-order valence-corrected chi connectivity index (χ3v) is 4.05. The Morgan fingerprint density at radius 1 is 1.64 bits per heavy atom. The fraction of sp³-hybridized carbons (Fsp3) is 0.625. The van der Waals surface area contributed by atoms with Crippen molar-refractivity contribution in [2.75, 3.05) is 6.61 Å². The Bertz CT molecular complexity index is 227. The molecule has 0 amide bonds. The topological polar surface area (TPSA) is 59.0 Å².